The van der Waals surface area contributed by atoms with Gasteiger partial charge in [-0.1, -0.05) is 6.92 Å². The van der Waals surface area contributed by atoms with Crippen LogP contribution in [-0.2, 0) is 9.53 Å². The molecule has 0 saturated heterocycles. The molecule has 1 aromatic heterocycles. The number of hydrogen-bond donors (Lipinski definition) is 0. The molecule has 0 aliphatic carbocycles. The van der Waals surface area contributed by atoms with E-state index in [1.165, 1.54) is 0 Å². The lowest BCUT2D eigenvalue weighted by atomic mass is 10.3. The number of rotatable bonds is 6. The van der Waals surface area contributed by atoms with E-state index in [9.17, 15) is 4.79 Å². The van der Waals surface area contributed by atoms with Gasteiger partial charge >= 0.3 is 5.97 Å². The number of aromatic nitrogens is 2. The third-order valence-corrected chi connectivity index (χ3v) is 4.83. The minimum Gasteiger partial charge on any atom is -0.465 e. The Morgan fingerprint density at radius 3 is 2.65 bits per heavy atom. The first-order valence-corrected chi connectivity index (χ1v) is 7.46. The number of carbonyl (C=O) groups is 1. The van der Waals surface area contributed by atoms with Crippen LogP contribution in [0.15, 0.2) is 0 Å². The molecular formula is C11H18N2O2S2. The van der Waals surface area contributed by atoms with Crippen molar-refractivity contribution in [3.8, 4) is 0 Å². The summed E-state index contributed by atoms with van der Waals surface area (Å²) in [5.41, 5.74) is 0. The van der Waals surface area contributed by atoms with Crippen LogP contribution in [0.2, 0.25) is 0 Å². The number of aryl methyl sites for hydroxylation is 1. The molecule has 96 valence electrons. The van der Waals surface area contributed by atoms with Crippen LogP contribution in [0.25, 0.3) is 0 Å². The fraction of sp³-hybridized carbons (Fsp3) is 0.727. The zero-order valence-corrected chi connectivity index (χ0v) is 12.2. The largest absolute Gasteiger partial charge is 0.465 e. The molecule has 0 aliphatic heterocycles. The first-order valence-electron chi connectivity index (χ1n) is 5.70. The molecule has 2 atom stereocenters. The molecule has 1 aromatic rings. The SMILES string of the molecule is CCOC(=O)[C@H](CC)S[C@@H](C)c1nnc(C)s1. The molecule has 0 aromatic carbocycles. The first kappa shape index (κ1) is 14.4. The Bertz CT molecular complexity index is 368. The summed E-state index contributed by atoms with van der Waals surface area (Å²) < 4.78 is 5.04. The molecule has 17 heavy (non-hydrogen) atoms. The quantitative estimate of drug-likeness (QED) is 0.746. The molecule has 6 heteroatoms. The van der Waals surface area contributed by atoms with Gasteiger partial charge in [0.2, 0.25) is 0 Å². The Balaban J connectivity index is 2.59. The van der Waals surface area contributed by atoms with Gasteiger partial charge in [0.1, 0.15) is 15.3 Å². The molecular weight excluding hydrogens is 256 g/mol. The van der Waals surface area contributed by atoms with Crippen molar-refractivity contribution in [2.75, 3.05) is 6.61 Å². The highest BCUT2D eigenvalue weighted by atomic mass is 32.2. The Kier molecular flexibility index (Phi) is 5.91. The van der Waals surface area contributed by atoms with Crippen LogP contribution in [0, 0.1) is 6.92 Å². The number of thioether (sulfide) groups is 1. The van der Waals surface area contributed by atoms with Gasteiger partial charge in [-0.2, -0.15) is 0 Å². The van der Waals surface area contributed by atoms with E-state index < -0.39 is 0 Å². The highest BCUT2D eigenvalue weighted by molar-refractivity contribution is 8.00. The van der Waals surface area contributed by atoms with Gasteiger partial charge in [-0.3, -0.25) is 4.79 Å². The topological polar surface area (TPSA) is 52.1 Å². The summed E-state index contributed by atoms with van der Waals surface area (Å²) in [5, 5.41) is 10.1. The highest BCUT2D eigenvalue weighted by Crippen LogP contribution is 2.34. The standard InChI is InChI=1S/C11H18N2O2S2/c1-5-9(11(14)15-6-2)16-7(3)10-13-12-8(4)17-10/h7,9H,5-6H2,1-4H3/t7-,9-/m0/s1. The first-order chi connectivity index (χ1) is 8.08. The third kappa shape index (κ3) is 4.27. The van der Waals surface area contributed by atoms with Gasteiger partial charge in [0.25, 0.3) is 0 Å². The third-order valence-electron chi connectivity index (χ3n) is 2.18. The Hall–Kier alpha value is -0.620. The summed E-state index contributed by atoms with van der Waals surface area (Å²) >= 11 is 3.17. The zero-order valence-electron chi connectivity index (χ0n) is 10.6. The van der Waals surface area contributed by atoms with Gasteiger partial charge < -0.3 is 4.74 Å². The van der Waals surface area contributed by atoms with E-state index in [4.69, 9.17) is 4.74 Å². The van der Waals surface area contributed by atoms with Gasteiger partial charge in [-0.05, 0) is 27.2 Å². The molecule has 0 radical (unpaired) electrons. The van der Waals surface area contributed by atoms with Gasteiger partial charge in [0.05, 0.1) is 11.9 Å². The van der Waals surface area contributed by atoms with Crippen molar-refractivity contribution in [1.29, 1.82) is 0 Å². The molecule has 1 heterocycles. The van der Waals surface area contributed by atoms with Crippen LogP contribution >= 0.6 is 23.1 Å². The van der Waals surface area contributed by atoms with Crippen LogP contribution in [0.1, 0.15) is 42.5 Å². The summed E-state index contributed by atoms with van der Waals surface area (Å²) in [4.78, 5) is 11.7. The number of nitrogens with zero attached hydrogens (tertiary/aromatic N) is 2. The number of carbonyl (C=O) groups excluding carboxylic acids is 1. The highest BCUT2D eigenvalue weighted by Gasteiger charge is 2.23. The van der Waals surface area contributed by atoms with E-state index in [0.29, 0.717) is 6.61 Å². The molecule has 0 amide bonds. The number of ether oxygens (including phenoxy) is 1. The summed E-state index contributed by atoms with van der Waals surface area (Å²) in [6.45, 7) is 8.23. The van der Waals surface area contributed by atoms with Gasteiger partial charge in [-0.15, -0.1) is 33.3 Å². The second-order valence-corrected chi connectivity index (χ2v) is 6.35. The van der Waals surface area contributed by atoms with Crippen molar-refractivity contribution < 1.29 is 9.53 Å². The molecule has 4 nitrogen and oxygen atoms in total. The van der Waals surface area contributed by atoms with Crippen molar-refractivity contribution in [3.63, 3.8) is 0 Å². The monoisotopic (exact) mass is 274 g/mol. The molecule has 0 aliphatic rings. The average molecular weight is 274 g/mol. The van der Waals surface area contributed by atoms with E-state index in [1.807, 2.05) is 27.7 Å². The van der Waals surface area contributed by atoms with E-state index in [2.05, 4.69) is 10.2 Å². The number of esters is 1. The van der Waals surface area contributed by atoms with Crippen molar-refractivity contribution >= 4 is 29.1 Å². The predicted molar refractivity (Wildman–Crippen MR) is 71.4 cm³/mol. The molecule has 0 unspecified atom stereocenters. The van der Waals surface area contributed by atoms with Crippen molar-refractivity contribution in [2.45, 2.75) is 44.6 Å². The molecule has 1 rings (SSSR count). The zero-order chi connectivity index (χ0) is 12.8. The lowest BCUT2D eigenvalue weighted by molar-refractivity contribution is -0.142. The van der Waals surface area contributed by atoms with Gasteiger partial charge in [0, 0.05) is 0 Å². The molecule has 0 saturated carbocycles. The Labute approximate surface area is 110 Å². The van der Waals surface area contributed by atoms with E-state index in [-0.39, 0.29) is 16.5 Å². The van der Waals surface area contributed by atoms with E-state index >= 15 is 0 Å². The average Bonchev–Trinajstić information content (AvgIpc) is 2.72. The lowest BCUT2D eigenvalue weighted by Gasteiger charge is -2.16. The smallest absolute Gasteiger partial charge is 0.319 e. The maximum atomic E-state index is 11.7. The van der Waals surface area contributed by atoms with E-state index in [0.717, 1.165) is 16.4 Å². The van der Waals surface area contributed by atoms with Crippen molar-refractivity contribution in [1.82, 2.24) is 10.2 Å². The fourth-order valence-electron chi connectivity index (χ4n) is 1.33. The summed E-state index contributed by atoms with van der Waals surface area (Å²) in [6.07, 6.45) is 0.769. The lowest BCUT2D eigenvalue weighted by Crippen LogP contribution is -2.20. The summed E-state index contributed by atoms with van der Waals surface area (Å²) in [7, 11) is 0. The maximum absolute atomic E-state index is 11.7. The minimum atomic E-state index is -0.131. The Morgan fingerprint density at radius 1 is 1.47 bits per heavy atom. The molecule has 0 bridgehead atoms. The van der Waals surface area contributed by atoms with Gasteiger partial charge in [0.15, 0.2) is 0 Å². The summed E-state index contributed by atoms with van der Waals surface area (Å²) in [6, 6.07) is 0. The normalized spacial score (nSPS) is 14.4. The van der Waals surface area contributed by atoms with Crippen LogP contribution in [-0.4, -0.2) is 28.0 Å². The van der Waals surface area contributed by atoms with Crippen LogP contribution in [0.3, 0.4) is 0 Å². The molecule has 0 N–H and O–H groups in total. The van der Waals surface area contributed by atoms with Crippen molar-refractivity contribution in [2.24, 2.45) is 0 Å². The molecule has 0 spiro atoms. The van der Waals surface area contributed by atoms with Gasteiger partial charge in [-0.25, -0.2) is 0 Å². The minimum absolute atomic E-state index is 0.117. The van der Waals surface area contributed by atoms with Crippen LogP contribution in [0.5, 0.6) is 0 Å². The second kappa shape index (κ2) is 6.96. The fourth-order valence-corrected chi connectivity index (χ4v) is 3.31. The summed E-state index contributed by atoms with van der Waals surface area (Å²) in [5.74, 6) is -0.131. The molecule has 0 fully saturated rings. The van der Waals surface area contributed by atoms with E-state index in [1.54, 1.807) is 23.1 Å². The Morgan fingerprint density at radius 2 is 2.18 bits per heavy atom. The van der Waals surface area contributed by atoms with Crippen LogP contribution in [0.4, 0.5) is 0 Å². The van der Waals surface area contributed by atoms with Crippen molar-refractivity contribution in [3.05, 3.63) is 10.0 Å². The maximum Gasteiger partial charge on any atom is 0.319 e. The number of hydrogen-bond acceptors (Lipinski definition) is 6. The second-order valence-electron chi connectivity index (χ2n) is 3.59. The van der Waals surface area contributed by atoms with Crippen LogP contribution < -0.4 is 0 Å². The predicted octanol–water partition coefficient (Wildman–Crippen LogP) is 2.98.